The second-order valence-corrected chi connectivity index (χ2v) is 0.534. The van der Waals surface area contributed by atoms with Gasteiger partial charge in [0, 0.05) is 5.27 Å². The molecule has 0 amide bonds. The predicted molar refractivity (Wildman–Crippen MR) is 14.3 cm³/mol. The SMILES string of the molecule is [2H]c1conn1. The van der Waals surface area contributed by atoms with E-state index >= 15 is 0 Å². The molecule has 0 aromatic carbocycles. The molecule has 1 aromatic heterocycles. The fraction of sp³-hybridized carbons (Fsp3) is 0. The summed E-state index contributed by atoms with van der Waals surface area (Å²) in [5.74, 6) is 0. The number of rotatable bonds is 0. The third kappa shape index (κ3) is 0.238. The van der Waals surface area contributed by atoms with Gasteiger partial charge in [0.05, 0.1) is 7.54 Å². The highest BCUT2D eigenvalue weighted by Gasteiger charge is 1.61. The molecule has 0 aliphatic carbocycles. The van der Waals surface area contributed by atoms with Crippen molar-refractivity contribution in [3.63, 3.8) is 0 Å². The van der Waals surface area contributed by atoms with Gasteiger partial charge in [-0.25, -0.2) is 0 Å². The van der Waals surface area contributed by atoms with Crippen molar-refractivity contribution in [3.8, 4) is 0 Å². The summed E-state index contributed by atoms with van der Waals surface area (Å²) < 4.78 is 10.8. The second-order valence-electron chi connectivity index (χ2n) is 0.534. The first-order chi connectivity index (χ1) is 2.89. The first-order valence-electron chi connectivity index (χ1n) is 1.63. The van der Waals surface area contributed by atoms with Crippen LogP contribution in [0.2, 0.25) is 0 Å². The summed E-state index contributed by atoms with van der Waals surface area (Å²) in [6.45, 7) is 0. The van der Waals surface area contributed by atoms with Crippen LogP contribution >= 0.6 is 0 Å². The molecule has 0 aliphatic heterocycles. The molecule has 0 aliphatic rings. The van der Waals surface area contributed by atoms with Crippen molar-refractivity contribution in [2.24, 2.45) is 0 Å². The minimum Gasteiger partial charge on any atom is -0.346 e. The molecule has 0 radical (unpaired) electrons. The maximum atomic E-state index is 6.61. The van der Waals surface area contributed by atoms with Crippen molar-refractivity contribution in [2.45, 2.75) is 0 Å². The zero-order valence-electron chi connectivity index (χ0n) is 3.38. The van der Waals surface area contributed by atoms with Gasteiger partial charge < -0.3 is 4.52 Å². The lowest BCUT2D eigenvalue weighted by atomic mass is 11.0. The van der Waals surface area contributed by atoms with E-state index in [1.165, 1.54) is 0 Å². The lowest BCUT2D eigenvalue weighted by Crippen LogP contribution is -1.53. The van der Waals surface area contributed by atoms with Crippen LogP contribution in [-0.4, -0.2) is 10.4 Å². The Hall–Kier alpha value is -0.860. The van der Waals surface area contributed by atoms with E-state index in [1.807, 2.05) is 0 Å². The quantitative estimate of drug-likeness (QED) is 0.434. The van der Waals surface area contributed by atoms with Gasteiger partial charge in [-0.1, -0.05) is 0 Å². The number of aromatic nitrogens is 2. The van der Waals surface area contributed by atoms with Crippen molar-refractivity contribution in [1.82, 2.24) is 10.4 Å². The predicted octanol–water partition coefficient (Wildman–Crippen LogP) is 0.0696. The van der Waals surface area contributed by atoms with Crippen LogP contribution in [0.1, 0.15) is 1.37 Å². The van der Waals surface area contributed by atoms with Crippen molar-refractivity contribution >= 4 is 0 Å². The zero-order valence-corrected chi connectivity index (χ0v) is 2.38. The highest BCUT2D eigenvalue weighted by atomic mass is 16.5. The monoisotopic (exact) mass is 71.0 g/mol. The summed E-state index contributed by atoms with van der Waals surface area (Å²) in [6, 6.07) is 0. The van der Waals surface area contributed by atoms with Crippen LogP contribution in [0.25, 0.3) is 0 Å². The molecule has 1 rings (SSSR count). The van der Waals surface area contributed by atoms with Gasteiger partial charge in [0.15, 0.2) is 0 Å². The Morgan fingerprint density at radius 3 is 3.20 bits per heavy atom. The van der Waals surface area contributed by atoms with Crippen LogP contribution in [0, 0.1) is 0 Å². The van der Waals surface area contributed by atoms with Crippen LogP contribution in [0.3, 0.4) is 0 Å². The Morgan fingerprint density at radius 2 is 3.00 bits per heavy atom. The van der Waals surface area contributed by atoms with E-state index in [4.69, 9.17) is 1.37 Å². The molecule has 0 saturated heterocycles. The second kappa shape index (κ2) is 0.839. The molecular formula is C2H2N2O. The van der Waals surface area contributed by atoms with Crippen LogP contribution in [0.15, 0.2) is 17.0 Å². The molecule has 0 unspecified atom stereocenters. The molecule has 1 heterocycles. The van der Waals surface area contributed by atoms with Crippen molar-refractivity contribution in [3.05, 3.63) is 12.4 Å². The van der Waals surface area contributed by atoms with Crippen LogP contribution < -0.4 is 0 Å². The van der Waals surface area contributed by atoms with Crippen LogP contribution in [0.5, 0.6) is 0 Å². The maximum Gasteiger partial charge on any atom is 0.144 e. The smallest absolute Gasteiger partial charge is 0.144 e. The molecule has 0 spiro atoms. The Morgan fingerprint density at radius 1 is 2.00 bits per heavy atom. The highest BCUT2D eigenvalue weighted by molar-refractivity contribution is 4.48. The third-order valence-corrected chi connectivity index (χ3v) is 0.251. The van der Waals surface area contributed by atoms with Gasteiger partial charge in [-0.15, -0.1) is 5.10 Å². The Kier molecular flexibility index (Phi) is 0.259. The van der Waals surface area contributed by atoms with Crippen LogP contribution in [0.4, 0.5) is 0 Å². The molecule has 0 bridgehead atoms. The summed E-state index contributed by atoms with van der Waals surface area (Å²) in [5, 5.41) is 6.18. The standard InChI is InChI=1S/C2H2N2O/c1-2-5-4-3-1/h1-2H/i1D. The molecule has 0 saturated carbocycles. The lowest BCUT2D eigenvalue weighted by molar-refractivity contribution is 0.393. The van der Waals surface area contributed by atoms with Gasteiger partial charge >= 0.3 is 0 Å². The zero-order chi connectivity index (χ0) is 4.41. The van der Waals surface area contributed by atoms with Crippen LogP contribution in [-0.2, 0) is 0 Å². The lowest BCUT2D eigenvalue weighted by Gasteiger charge is -1.45. The van der Waals surface area contributed by atoms with Gasteiger partial charge in [-0.3, -0.25) is 0 Å². The summed E-state index contributed by atoms with van der Waals surface area (Å²) in [4.78, 5) is 0. The molecule has 5 heavy (non-hydrogen) atoms. The number of hydrogen-bond acceptors (Lipinski definition) is 3. The topological polar surface area (TPSA) is 38.9 Å². The largest absolute Gasteiger partial charge is 0.346 e. The van der Waals surface area contributed by atoms with Gasteiger partial charge in [0.1, 0.15) is 6.26 Å². The van der Waals surface area contributed by atoms with E-state index in [0.717, 1.165) is 6.26 Å². The summed E-state index contributed by atoms with van der Waals surface area (Å²) in [6.07, 6.45) is 1.22. The Balaban J connectivity index is 3.05. The van der Waals surface area contributed by atoms with E-state index in [-0.39, 0.29) is 6.17 Å². The van der Waals surface area contributed by atoms with E-state index < -0.39 is 0 Å². The summed E-state index contributed by atoms with van der Waals surface area (Å²) in [7, 11) is 0. The first kappa shape index (κ1) is 1.55. The van der Waals surface area contributed by atoms with Gasteiger partial charge in [-0.05, 0) is 0 Å². The molecule has 0 N–H and O–H groups in total. The molecule has 26 valence electrons. The normalized spacial score (nSPS) is 10.8. The molecular weight excluding hydrogens is 68.0 g/mol. The minimum atomic E-state index is 0.0648. The average molecular weight is 71.1 g/mol. The summed E-state index contributed by atoms with van der Waals surface area (Å²) >= 11 is 0. The Labute approximate surface area is 30.0 Å². The minimum absolute atomic E-state index is 0.0648. The van der Waals surface area contributed by atoms with Gasteiger partial charge in [-0.2, -0.15) is 0 Å². The fourth-order valence-corrected chi connectivity index (χ4v) is 0.118. The molecule has 0 atom stereocenters. The molecule has 3 heteroatoms. The van der Waals surface area contributed by atoms with E-state index in [2.05, 4.69) is 14.9 Å². The molecule has 3 nitrogen and oxygen atoms in total. The number of nitrogens with zero attached hydrogens (tertiary/aromatic N) is 2. The molecule has 0 fully saturated rings. The van der Waals surface area contributed by atoms with Crippen molar-refractivity contribution in [2.75, 3.05) is 0 Å². The summed E-state index contributed by atoms with van der Waals surface area (Å²) in [5.41, 5.74) is 0. The maximum absolute atomic E-state index is 6.61. The van der Waals surface area contributed by atoms with E-state index in [1.54, 1.807) is 0 Å². The van der Waals surface area contributed by atoms with E-state index in [0.29, 0.717) is 0 Å². The first-order valence-corrected chi connectivity index (χ1v) is 1.13. The fourth-order valence-electron chi connectivity index (χ4n) is 0.118. The molecule has 1 aromatic rings. The number of hydrogen-bond donors (Lipinski definition) is 0. The van der Waals surface area contributed by atoms with Gasteiger partial charge in [0.25, 0.3) is 0 Å². The highest BCUT2D eigenvalue weighted by Crippen LogP contribution is 1.64. The average Bonchev–Trinajstić information content (AvgIpc) is 1.86. The van der Waals surface area contributed by atoms with Crippen molar-refractivity contribution < 1.29 is 5.89 Å². The Bertz CT molecular complexity index is 115. The van der Waals surface area contributed by atoms with Crippen molar-refractivity contribution in [1.29, 1.82) is 0 Å². The van der Waals surface area contributed by atoms with E-state index in [9.17, 15) is 0 Å². The van der Waals surface area contributed by atoms with Gasteiger partial charge in [0.2, 0.25) is 0 Å². The third-order valence-electron chi connectivity index (χ3n) is 0.251.